The van der Waals surface area contributed by atoms with Gasteiger partial charge < -0.3 is 10.6 Å². The van der Waals surface area contributed by atoms with Gasteiger partial charge in [0.1, 0.15) is 0 Å². The molecule has 2 N–H and O–H groups in total. The number of benzene rings is 1. The molecule has 0 fully saturated rings. The molecule has 20 heavy (non-hydrogen) atoms. The van der Waals surface area contributed by atoms with Crippen molar-refractivity contribution in [3.63, 3.8) is 0 Å². The highest BCUT2D eigenvalue weighted by Crippen LogP contribution is 2.22. The van der Waals surface area contributed by atoms with Crippen LogP contribution in [0.25, 0.3) is 0 Å². The summed E-state index contributed by atoms with van der Waals surface area (Å²) in [6, 6.07) is 7.71. The number of carbonyl (C=O) groups is 1. The first kappa shape index (κ1) is 16.3. The Hall–Kier alpha value is -1.79. The highest BCUT2D eigenvalue weighted by atomic mass is 16.2. The van der Waals surface area contributed by atoms with Crippen molar-refractivity contribution in [3.8, 4) is 12.3 Å². The molecule has 1 rings (SSSR count). The van der Waals surface area contributed by atoms with Crippen molar-refractivity contribution in [2.75, 3.05) is 7.05 Å². The number of nitrogens with two attached hydrogens (primary N) is 1. The number of likely N-dealkylation sites (N-methyl/N-ethyl adjacent to an activating group) is 1. The Labute approximate surface area is 122 Å². The van der Waals surface area contributed by atoms with Crippen LogP contribution in [0.15, 0.2) is 24.3 Å². The van der Waals surface area contributed by atoms with E-state index in [4.69, 9.17) is 12.2 Å². The smallest absolute Gasteiger partial charge is 0.240 e. The van der Waals surface area contributed by atoms with Gasteiger partial charge in [0.05, 0.1) is 6.04 Å². The van der Waals surface area contributed by atoms with E-state index in [2.05, 4.69) is 51.0 Å². The number of hydrogen-bond acceptors (Lipinski definition) is 2. The number of hydrogen-bond donors (Lipinski definition) is 1. The van der Waals surface area contributed by atoms with Gasteiger partial charge in [-0.15, -0.1) is 12.3 Å². The lowest BCUT2D eigenvalue weighted by molar-refractivity contribution is -0.131. The lowest BCUT2D eigenvalue weighted by atomic mass is 9.87. The van der Waals surface area contributed by atoms with E-state index in [1.165, 1.54) is 5.56 Å². The minimum Gasteiger partial charge on any atom is -0.340 e. The van der Waals surface area contributed by atoms with Crippen molar-refractivity contribution in [2.24, 2.45) is 5.73 Å². The molecule has 0 aliphatic rings. The summed E-state index contributed by atoms with van der Waals surface area (Å²) in [6.07, 6.45) is 5.45. The monoisotopic (exact) mass is 272 g/mol. The molecule has 0 heterocycles. The van der Waals surface area contributed by atoms with Crippen molar-refractivity contribution in [2.45, 2.75) is 45.2 Å². The van der Waals surface area contributed by atoms with Crippen LogP contribution < -0.4 is 5.73 Å². The van der Waals surface area contributed by atoms with E-state index in [9.17, 15) is 4.79 Å². The summed E-state index contributed by atoms with van der Waals surface area (Å²) in [5.41, 5.74) is 8.23. The van der Waals surface area contributed by atoms with Crippen molar-refractivity contribution in [1.82, 2.24) is 4.90 Å². The molecule has 1 atom stereocenters. The van der Waals surface area contributed by atoms with Crippen LogP contribution in [0.4, 0.5) is 0 Å². The molecule has 0 saturated heterocycles. The minimum atomic E-state index is -0.612. The van der Waals surface area contributed by atoms with E-state index >= 15 is 0 Å². The van der Waals surface area contributed by atoms with Crippen LogP contribution >= 0.6 is 0 Å². The average molecular weight is 272 g/mol. The molecule has 0 aliphatic carbocycles. The zero-order valence-electron chi connectivity index (χ0n) is 12.8. The summed E-state index contributed by atoms with van der Waals surface area (Å²) in [5, 5.41) is 0. The molecular weight excluding hydrogens is 248 g/mol. The first-order chi connectivity index (χ1) is 9.25. The summed E-state index contributed by atoms with van der Waals surface area (Å²) in [4.78, 5) is 13.6. The molecular formula is C17H24N2O. The molecule has 0 aliphatic heterocycles. The maximum Gasteiger partial charge on any atom is 0.240 e. The summed E-state index contributed by atoms with van der Waals surface area (Å²) in [5.74, 6) is 2.30. The van der Waals surface area contributed by atoms with Crippen LogP contribution in [0, 0.1) is 12.3 Å². The molecule has 1 aromatic rings. The minimum absolute atomic E-state index is 0.122. The Morgan fingerprint density at radius 1 is 1.35 bits per heavy atom. The summed E-state index contributed by atoms with van der Waals surface area (Å²) < 4.78 is 0. The standard InChI is InChI=1S/C17H24N2O/c1-6-7-15(18)16(20)19(5)12-13-8-10-14(11-9-13)17(2,3)4/h1,8-11,15H,7,12,18H2,2-5H3. The lowest BCUT2D eigenvalue weighted by Gasteiger charge is -2.22. The largest absolute Gasteiger partial charge is 0.340 e. The van der Waals surface area contributed by atoms with E-state index < -0.39 is 6.04 Å². The van der Waals surface area contributed by atoms with E-state index in [1.807, 2.05) is 0 Å². The van der Waals surface area contributed by atoms with Gasteiger partial charge in [0.2, 0.25) is 5.91 Å². The van der Waals surface area contributed by atoms with Crippen LogP contribution in [0.3, 0.4) is 0 Å². The second kappa shape index (κ2) is 6.58. The van der Waals surface area contributed by atoms with E-state index in [0.29, 0.717) is 6.54 Å². The van der Waals surface area contributed by atoms with Crippen molar-refractivity contribution < 1.29 is 4.79 Å². The fourth-order valence-corrected chi connectivity index (χ4v) is 1.96. The van der Waals surface area contributed by atoms with Crippen LogP contribution in [0.1, 0.15) is 38.3 Å². The third-order valence-corrected chi connectivity index (χ3v) is 3.27. The Kier molecular flexibility index (Phi) is 5.35. The van der Waals surface area contributed by atoms with Crippen LogP contribution in [0.2, 0.25) is 0 Å². The highest BCUT2D eigenvalue weighted by Gasteiger charge is 2.17. The first-order valence-corrected chi connectivity index (χ1v) is 6.79. The Morgan fingerprint density at radius 2 is 1.90 bits per heavy atom. The lowest BCUT2D eigenvalue weighted by Crippen LogP contribution is -2.41. The fourth-order valence-electron chi connectivity index (χ4n) is 1.96. The molecule has 1 aromatic carbocycles. The molecule has 1 unspecified atom stereocenters. The van der Waals surface area contributed by atoms with Gasteiger partial charge >= 0.3 is 0 Å². The van der Waals surface area contributed by atoms with Crippen molar-refractivity contribution in [3.05, 3.63) is 35.4 Å². The quantitative estimate of drug-likeness (QED) is 0.855. The number of rotatable bonds is 4. The van der Waals surface area contributed by atoms with Crippen molar-refractivity contribution in [1.29, 1.82) is 0 Å². The normalized spacial score (nSPS) is 12.6. The second-order valence-electron chi connectivity index (χ2n) is 6.16. The maximum absolute atomic E-state index is 12.0. The van der Waals surface area contributed by atoms with Gasteiger partial charge in [0, 0.05) is 20.0 Å². The molecule has 3 heteroatoms. The Balaban J connectivity index is 2.70. The second-order valence-corrected chi connectivity index (χ2v) is 6.16. The van der Waals surface area contributed by atoms with E-state index in [0.717, 1.165) is 5.56 Å². The van der Waals surface area contributed by atoms with Crippen LogP contribution in [-0.2, 0) is 16.8 Å². The average Bonchev–Trinajstić information content (AvgIpc) is 2.37. The van der Waals surface area contributed by atoms with Gasteiger partial charge in [0.15, 0.2) is 0 Å². The van der Waals surface area contributed by atoms with Crippen LogP contribution in [-0.4, -0.2) is 23.9 Å². The molecule has 0 radical (unpaired) electrons. The molecule has 108 valence electrons. The third-order valence-electron chi connectivity index (χ3n) is 3.27. The molecule has 1 amide bonds. The number of nitrogens with zero attached hydrogens (tertiary/aromatic N) is 1. The van der Waals surface area contributed by atoms with Crippen molar-refractivity contribution >= 4 is 5.91 Å². The highest BCUT2D eigenvalue weighted by molar-refractivity contribution is 5.81. The van der Waals surface area contributed by atoms with E-state index in [-0.39, 0.29) is 17.7 Å². The fraction of sp³-hybridized carbons (Fsp3) is 0.471. The summed E-state index contributed by atoms with van der Waals surface area (Å²) in [7, 11) is 1.75. The third kappa shape index (κ3) is 4.40. The first-order valence-electron chi connectivity index (χ1n) is 6.79. The molecule has 0 spiro atoms. The molecule has 0 bridgehead atoms. The Bertz CT molecular complexity index is 491. The van der Waals surface area contributed by atoms with Gasteiger partial charge in [-0.25, -0.2) is 0 Å². The SMILES string of the molecule is C#CCC(N)C(=O)N(C)Cc1ccc(C(C)(C)C)cc1. The van der Waals surface area contributed by atoms with Gasteiger partial charge in [-0.05, 0) is 16.5 Å². The zero-order valence-corrected chi connectivity index (χ0v) is 12.8. The summed E-state index contributed by atoms with van der Waals surface area (Å²) in [6.45, 7) is 7.07. The maximum atomic E-state index is 12.0. The van der Waals surface area contributed by atoms with Gasteiger partial charge in [0.25, 0.3) is 0 Å². The Morgan fingerprint density at radius 3 is 2.35 bits per heavy atom. The van der Waals surface area contributed by atoms with Gasteiger partial charge in [-0.2, -0.15) is 0 Å². The molecule has 3 nitrogen and oxygen atoms in total. The number of amides is 1. The molecule has 0 aromatic heterocycles. The van der Waals surface area contributed by atoms with Gasteiger partial charge in [-0.3, -0.25) is 4.79 Å². The van der Waals surface area contributed by atoms with Crippen LogP contribution in [0.5, 0.6) is 0 Å². The van der Waals surface area contributed by atoms with Gasteiger partial charge in [-0.1, -0.05) is 45.0 Å². The summed E-state index contributed by atoms with van der Waals surface area (Å²) >= 11 is 0. The predicted molar refractivity (Wildman–Crippen MR) is 83.0 cm³/mol. The number of carbonyl (C=O) groups excluding carboxylic acids is 1. The predicted octanol–water partition coefficient (Wildman–Crippen LogP) is 2.29. The number of terminal acetylenes is 1. The molecule has 0 saturated carbocycles. The topological polar surface area (TPSA) is 46.3 Å². The van der Waals surface area contributed by atoms with E-state index in [1.54, 1.807) is 11.9 Å². The zero-order chi connectivity index (χ0) is 15.3.